The zero-order chi connectivity index (χ0) is 16.1. The van der Waals surface area contributed by atoms with Gasteiger partial charge in [-0.25, -0.2) is 0 Å². The van der Waals surface area contributed by atoms with E-state index in [9.17, 15) is 4.79 Å². The molecule has 3 aromatic heterocycles. The van der Waals surface area contributed by atoms with Crippen LogP contribution in [0.3, 0.4) is 0 Å². The van der Waals surface area contributed by atoms with Crippen molar-refractivity contribution in [3.05, 3.63) is 59.7 Å². The molecule has 1 amide bonds. The van der Waals surface area contributed by atoms with Crippen molar-refractivity contribution < 1.29 is 9.32 Å². The number of carbonyl (C=O) groups excluding carboxylic acids is 1. The molecule has 0 spiro atoms. The van der Waals surface area contributed by atoms with Crippen LogP contribution < -0.4 is 10.6 Å². The molecule has 2 N–H and O–H groups in total. The van der Waals surface area contributed by atoms with E-state index in [4.69, 9.17) is 4.52 Å². The molecule has 0 aliphatic carbocycles. The van der Waals surface area contributed by atoms with Crippen LogP contribution in [0, 0.1) is 6.92 Å². The Morgan fingerprint density at radius 2 is 2.09 bits per heavy atom. The van der Waals surface area contributed by atoms with Gasteiger partial charge in [-0.3, -0.25) is 9.78 Å². The molecule has 0 unspecified atom stereocenters. The largest absolute Gasteiger partial charge is 0.363 e. The number of amides is 1. The molecule has 0 atom stereocenters. The predicted octanol–water partition coefficient (Wildman–Crippen LogP) is 2.03. The Morgan fingerprint density at radius 3 is 2.74 bits per heavy atom. The SMILES string of the molecule is Cc1cc(NC(=O)c2ccc(NCc3ccccn3)nn2)no1. The summed E-state index contributed by atoms with van der Waals surface area (Å²) in [7, 11) is 0. The quantitative estimate of drug-likeness (QED) is 0.742. The molecule has 0 aromatic carbocycles. The van der Waals surface area contributed by atoms with Gasteiger partial charge >= 0.3 is 0 Å². The molecule has 0 radical (unpaired) electrons. The second kappa shape index (κ2) is 6.65. The molecule has 8 heteroatoms. The minimum absolute atomic E-state index is 0.189. The minimum Gasteiger partial charge on any atom is -0.363 e. The Kier molecular flexibility index (Phi) is 4.23. The number of pyridine rings is 1. The van der Waals surface area contributed by atoms with Crippen molar-refractivity contribution in [3.8, 4) is 0 Å². The Balaban J connectivity index is 1.59. The molecule has 0 saturated heterocycles. The summed E-state index contributed by atoms with van der Waals surface area (Å²) in [6, 6.07) is 10.5. The van der Waals surface area contributed by atoms with Crippen LogP contribution in [0.4, 0.5) is 11.6 Å². The maximum Gasteiger partial charge on any atom is 0.277 e. The second-order valence-electron chi connectivity index (χ2n) is 4.76. The number of carbonyl (C=O) groups is 1. The molecule has 3 aromatic rings. The van der Waals surface area contributed by atoms with Crippen LogP contribution in [-0.2, 0) is 6.54 Å². The zero-order valence-electron chi connectivity index (χ0n) is 12.4. The topological polar surface area (TPSA) is 106 Å². The third-order valence-corrected chi connectivity index (χ3v) is 2.94. The van der Waals surface area contributed by atoms with Crippen LogP contribution in [0.5, 0.6) is 0 Å². The fourth-order valence-electron chi connectivity index (χ4n) is 1.84. The number of nitrogens with zero attached hydrogens (tertiary/aromatic N) is 4. The van der Waals surface area contributed by atoms with Crippen molar-refractivity contribution in [2.24, 2.45) is 0 Å². The van der Waals surface area contributed by atoms with Crippen LogP contribution in [0.2, 0.25) is 0 Å². The smallest absolute Gasteiger partial charge is 0.277 e. The lowest BCUT2D eigenvalue weighted by atomic mass is 10.3. The summed E-state index contributed by atoms with van der Waals surface area (Å²) in [5.74, 6) is 1.11. The molecular weight excluding hydrogens is 296 g/mol. The van der Waals surface area contributed by atoms with Gasteiger partial charge in [0.15, 0.2) is 11.5 Å². The first kappa shape index (κ1) is 14.6. The van der Waals surface area contributed by atoms with Gasteiger partial charge in [-0.15, -0.1) is 10.2 Å². The van der Waals surface area contributed by atoms with E-state index in [-0.39, 0.29) is 5.69 Å². The summed E-state index contributed by atoms with van der Waals surface area (Å²) in [4.78, 5) is 16.2. The summed E-state index contributed by atoms with van der Waals surface area (Å²) in [5.41, 5.74) is 1.08. The Morgan fingerprint density at radius 1 is 1.17 bits per heavy atom. The third-order valence-electron chi connectivity index (χ3n) is 2.94. The van der Waals surface area contributed by atoms with Crippen molar-refractivity contribution in [2.75, 3.05) is 10.6 Å². The summed E-state index contributed by atoms with van der Waals surface area (Å²) in [6.07, 6.45) is 1.72. The van der Waals surface area contributed by atoms with Gasteiger partial charge in [0.1, 0.15) is 11.6 Å². The van der Waals surface area contributed by atoms with Crippen molar-refractivity contribution in [2.45, 2.75) is 13.5 Å². The molecule has 0 saturated carbocycles. The van der Waals surface area contributed by atoms with E-state index in [1.54, 1.807) is 31.3 Å². The molecule has 0 fully saturated rings. The average molecular weight is 310 g/mol. The van der Waals surface area contributed by atoms with Gasteiger partial charge in [0, 0.05) is 12.3 Å². The van der Waals surface area contributed by atoms with Gasteiger partial charge in [0.05, 0.1) is 12.2 Å². The number of hydrogen-bond donors (Lipinski definition) is 2. The number of aryl methyl sites for hydroxylation is 1. The first-order chi connectivity index (χ1) is 11.2. The summed E-state index contributed by atoms with van der Waals surface area (Å²) in [6.45, 7) is 2.27. The molecule has 23 heavy (non-hydrogen) atoms. The van der Waals surface area contributed by atoms with Gasteiger partial charge in [0.2, 0.25) is 0 Å². The maximum atomic E-state index is 12.0. The van der Waals surface area contributed by atoms with Gasteiger partial charge in [-0.05, 0) is 31.2 Å². The maximum absolute atomic E-state index is 12.0. The Labute approximate surface area is 131 Å². The van der Waals surface area contributed by atoms with Crippen LogP contribution in [0.25, 0.3) is 0 Å². The number of hydrogen-bond acceptors (Lipinski definition) is 7. The predicted molar refractivity (Wildman–Crippen MR) is 82.8 cm³/mol. The molecule has 8 nitrogen and oxygen atoms in total. The fourth-order valence-corrected chi connectivity index (χ4v) is 1.84. The summed E-state index contributed by atoms with van der Waals surface area (Å²) < 4.78 is 4.88. The van der Waals surface area contributed by atoms with Gasteiger partial charge in [0.25, 0.3) is 5.91 Å². The molecule has 3 heterocycles. The molecule has 0 bridgehead atoms. The van der Waals surface area contributed by atoms with Crippen LogP contribution in [0.1, 0.15) is 21.9 Å². The lowest BCUT2D eigenvalue weighted by molar-refractivity contribution is 0.102. The van der Waals surface area contributed by atoms with E-state index in [1.165, 1.54) is 0 Å². The van der Waals surface area contributed by atoms with Gasteiger partial charge < -0.3 is 15.2 Å². The molecule has 0 aliphatic heterocycles. The number of nitrogens with one attached hydrogen (secondary N) is 2. The highest BCUT2D eigenvalue weighted by atomic mass is 16.5. The fraction of sp³-hybridized carbons (Fsp3) is 0.133. The van der Waals surface area contributed by atoms with Crippen molar-refractivity contribution in [3.63, 3.8) is 0 Å². The van der Waals surface area contributed by atoms with E-state index in [1.807, 2.05) is 18.2 Å². The standard InChI is InChI=1S/C15H14N6O2/c1-10-8-14(21-23-10)18-15(22)12-5-6-13(20-19-12)17-9-11-4-2-3-7-16-11/h2-8H,9H2,1H3,(H,17,20)(H,18,21,22). The number of anilines is 2. The van der Waals surface area contributed by atoms with Crippen LogP contribution in [-0.4, -0.2) is 26.2 Å². The normalized spacial score (nSPS) is 10.3. The van der Waals surface area contributed by atoms with Crippen LogP contribution >= 0.6 is 0 Å². The van der Waals surface area contributed by atoms with Crippen molar-refractivity contribution >= 4 is 17.5 Å². The number of rotatable bonds is 5. The number of aromatic nitrogens is 4. The molecule has 116 valence electrons. The second-order valence-corrected chi connectivity index (χ2v) is 4.76. The highest BCUT2D eigenvalue weighted by Gasteiger charge is 2.11. The Hall–Kier alpha value is -3.29. The monoisotopic (exact) mass is 310 g/mol. The molecule has 3 rings (SSSR count). The first-order valence-corrected chi connectivity index (χ1v) is 6.93. The lowest BCUT2D eigenvalue weighted by Gasteiger charge is -2.05. The van der Waals surface area contributed by atoms with E-state index < -0.39 is 5.91 Å². The van der Waals surface area contributed by atoms with Gasteiger partial charge in [-0.2, -0.15) is 0 Å². The van der Waals surface area contributed by atoms with Crippen molar-refractivity contribution in [1.29, 1.82) is 0 Å². The van der Waals surface area contributed by atoms with E-state index in [2.05, 4.69) is 31.0 Å². The van der Waals surface area contributed by atoms with E-state index in [0.29, 0.717) is 23.9 Å². The van der Waals surface area contributed by atoms with Gasteiger partial charge in [-0.1, -0.05) is 11.2 Å². The summed E-state index contributed by atoms with van der Waals surface area (Å²) in [5, 5.41) is 17.2. The Bertz CT molecular complexity index is 785. The van der Waals surface area contributed by atoms with E-state index in [0.717, 1.165) is 5.69 Å². The zero-order valence-corrected chi connectivity index (χ0v) is 12.4. The molecular formula is C15H14N6O2. The highest BCUT2D eigenvalue weighted by molar-refractivity contribution is 6.02. The highest BCUT2D eigenvalue weighted by Crippen LogP contribution is 2.09. The third kappa shape index (κ3) is 3.88. The summed E-state index contributed by atoms with van der Waals surface area (Å²) >= 11 is 0. The minimum atomic E-state index is -0.401. The molecule has 0 aliphatic rings. The lowest BCUT2D eigenvalue weighted by Crippen LogP contribution is -2.15. The first-order valence-electron chi connectivity index (χ1n) is 6.93. The average Bonchev–Trinajstić information content (AvgIpc) is 2.99. The van der Waals surface area contributed by atoms with Crippen LogP contribution in [0.15, 0.2) is 47.1 Å². The van der Waals surface area contributed by atoms with Crippen molar-refractivity contribution in [1.82, 2.24) is 20.3 Å². The van der Waals surface area contributed by atoms with E-state index >= 15 is 0 Å².